The molecule has 0 radical (unpaired) electrons. The minimum Gasteiger partial charge on any atom is -0.426 e. The van der Waals surface area contributed by atoms with Crippen molar-refractivity contribution in [2.75, 3.05) is 13.1 Å². The molecule has 5 nitrogen and oxygen atoms in total. The van der Waals surface area contributed by atoms with Crippen molar-refractivity contribution in [2.45, 2.75) is 17.7 Å². The van der Waals surface area contributed by atoms with Gasteiger partial charge in [0.1, 0.15) is 10.6 Å². The number of ether oxygens (including phenoxy) is 1. The molecule has 2 aromatic rings. The molecule has 27 heavy (non-hydrogen) atoms. The summed E-state index contributed by atoms with van der Waals surface area (Å²) < 4.78 is 32.4. The minimum atomic E-state index is -3.84. The number of halogens is 3. The zero-order valence-electron chi connectivity index (χ0n) is 14.1. The number of hydrogen-bond donors (Lipinski definition) is 0. The molecule has 1 fully saturated rings. The summed E-state index contributed by atoms with van der Waals surface area (Å²) in [7, 11) is -3.84. The van der Waals surface area contributed by atoms with Crippen LogP contribution in [0.4, 0.5) is 0 Å². The van der Waals surface area contributed by atoms with Gasteiger partial charge >= 0.3 is 5.97 Å². The summed E-state index contributed by atoms with van der Waals surface area (Å²) >= 11 is 18.0. The molecule has 0 unspecified atom stereocenters. The van der Waals surface area contributed by atoms with Crippen molar-refractivity contribution in [3.8, 4) is 5.75 Å². The lowest BCUT2D eigenvalue weighted by Crippen LogP contribution is -2.41. The number of benzene rings is 2. The van der Waals surface area contributed by atoms with E-state index in [-0.39, 0.29) is 28.0 Å². The fourth-order valence-electron chi connectivity index (χ4n) is 2.92. The highest BCUT2D eigenvalue weighted by Crippen LogP contribution is 2.33. The van der Waals surface area contributed by atoms with Crippen LogP contribution in [0.5, 0.6) is 5.75 Å². The first-order chi connectivity index (χ1) is 12.8. The van der Waals surface area contributed by atoms with Crippen LogP contribution in [0.15, 0.2) is 47.4 Å². The van der Waals surface area contributed by atoms with Gasteiger partial charge in [-0.3, -0.25) is 4.79 Å². The lowest BCUT2D eigenvalue weighted by molar-refractivity contribution is -0.140. The van der Waals surface area contributed by atoms with Gasteiger partial charge in [0, 0.05) is 18.1 Å². The van der Waals surface area contributed by atoms with Gasteiger partial charge in [-0.1, -0.05) is 46.9 Å². The summed E-state index contributed by atoms with van der Waals surface area (Å²) in [5, 5.41) is 0.618. The molecule has 2 aromatic carbocycles. The highest BCUT2D eigenvalue weighted by molar-refractivity contribution is 7.89. The summed E-state index contributed by atoms with van der Waals surface area (Å²) in [6.07, 6.45) is 0.696. The van der Waals surface area contributed by atoms with Crippen LogP contribution in [-0.2, 0) is 14.8 Å². The number of sulfonamides is 1. The van der Waals surface area contributed by atoms with Crippen LogP contribution in [0.2, 0.25) is 15.1 Å². The van der Waals surface area contributed by atoms with Crippen molar-refractivity contribution < 1.29 is 17.9 Å². The molecule has 0 amide bonds. The average Bonchev–Trinajstić information content (AvgIpc) is 2.61. The maximum Gasteiger partial charge on any atom is 0.314 e. The zero-order valence-corrected chi connectivity index (χ0v) is 17.2. The summed E-state index contributed by atoms with van der Waals surface area (Å²) in [5.74, 6) is -0.423. The molecule has 0 spiro atoms. The first-order valence-electron chi connectivity index (χ1n) is 8.20. The van der Waals surface area contributed by atoms with Gasteiger partial charge in [0.25, 0.3) is 0 Å². The first-order valence-corrected chi connectivity index (χ1v) is 10.8. The molecule has 1 heterocycles. The van der Waals surface area contributed by atoms with Gasteiger partial charge < -0.3 is 4.74 Å². The van der Waals surface area contributed by atoms with Crippen LogP contribution in [0.1, 0.15) is 12.8 Å². The molecular weight excluding hydrogens is 433 g/mol. The smallest absolute Gasteiger partial charge is 0.314 e. The van der Waals surface area contributed by atoms with Gasteiger partial charge in [-0.15, -0.1) is 0 Å². The fraction of sp³-hybridized carbons (Fsp3) is 0.278. The van der Waals surface area contributed by atoms with Crippen molar-refractivity contribution in [3.05, 3.63) is 57.5 Å². The highest BCUT2D eigenvalue weighted by Gasteiger charge is 2.35. The van der Waals surface area contributed by atoms with Crippen molar-refractivity contribution in [2.24, 2.45) is 5.92 Å². The third-order valence-electron chi connectivity index (χ3n) is 4.32. The van der Waals surface area contributed by atoms with Gasteiger partial charge in [-0.25, -0.2) is 8.42 Å². The van der Waals surface area contributed by atoms with Crippen molar-refractivity contribution in [1.82, 2.24) is 4.31 Å². The topological polar surface area (TPSA) is 63.7 Å². The predicted octanol–water partition coefficient (Wildman–Crippen LogP) is 4.65. The van der Waals surface area contributed by atoms with Crippen LogP contribution in [0.3, 0.4) is 0 Å². The Morgan fingerprint density at radius 2 is 1.59 bits per heavy atom. The normalized spacial score (nSPS) is 16.3. The SMILES string of the molecule is O=C(Oc1cccc(Cl)c1)C1CCN(S(=O)(=O)c2c(Cl)cccc2Cl)CC1. The van der Waals surface area contributed by atoms with Gasteiger partial charge in [-0.05, 0) is 43.2 Å². The number of hydrogen-bond acceptors (Lipinski definition) is 4. The van der Waals surface area contributed by atoms with Crippen molar-refractivity contribution >= 4 is 50.8 Å². The number of piperidine rings is 1. The second-order valence-electron chi connectivity index (χ2n) is 6.11. The van der Waals surface area contributed by atoms with Crippen LogP contribution in [0.25, 0.3) is 0 Å². The standard InChI is InChI=1S/C18H16Cl3NO4S/c19-13-3-1-4-14(11-13)26-18(23)12-7-9-22(10-8-12)27(24,25)17-15(20)5-2-6-16(17)21/h1-6,11-12H,7-10H2. The lowest BCUT2D eigenvalue weighted by atomic mass is 9.98. The van der Waals surface area contributed by atoms with Gasteiger partial charge in [0.15, 0.2) is 0 Å². The molecule has 3 rings (SSSR count). The molecule has 1 aliphatic heterocycles. The molecule has 0 N–H and O–H groups in total. The number of carbonyl (C=O) groups is 1. The monoisotopic (exact) mass is 447 g/mol. The number of carbonyl (C=O) groups excluding carboxylic acids is 1. The summed E-state index contributed by atoms with van der Waals surface area (Å²) in [6, 6.07) is 11.1. The average molecular weight is 449 g/mol. The van der Waals surface area contributed by atoms with Crippen molar-refractivity contribution in [1.29, 1.82) is 0 Å². The zero-order chi connectivity index (χ0) is 19.6. The van der Waals surface area contributed by atoms with Gasteiger partial charge in [0.05, 0.1) is 16.0 Å². The van der Waals surface area contributed by atoms with Crippen LogP contribution < -0.4 is 4.74 Å². The Morgan fingerprint density at radius 1 is 1.00 bits per heavy atom. The molecule has 0 atom stereocenters. The van der Waals surface area contributed by atoms with E-state index in [4.69, 9.17) is 39.5 Å². The van der Waals surface area contributed by atoms with Crippen LogP contribution >= 0.6 is 34.8 Å². The Hall–Kier alpha value is -1.31. The predicted molar refractivity (Wildman–Crippen MR) is 105 cm³/mol. The molecular formula is C18H16Cl3NO4S. The molecule has 0 aromatic heterocycles. The lowest BCUT2D eigenvalue weighted by Gasteiger charge is -2.30. The summed E-state index contributed by atoms with van der Waals surface area (Å²) in [6.45, 7) is 0.360. The Kier molecular flexibility index (Phi) is 6.33. The molecule has 144 valence electrons. The van der Waals surface area contributed by atoms with E-state index in [9.17, 15) is 13.2 Å². The minimum absolute atomic E-state index is 0.0741. The van der Waals surface area contributed by atoms with E-state index < -0.39 is 21.9 Å². The molecule has 0 bridgehead atoms. The van der Waals surface area contributed by atoms with Crippen molar-refractivity contribution in [3.63, 3.8) is 0 Å². The first kappa shape index (κ1) is 20.4. The number of rotatable bonds is 4. The van der Waals surface area contributed by atoms with Gasteiger partial charge in [0.2, 0.25) is 10.0 Å². The largest absolute Gasteiger partial charge is 0.426 e. The Balaban J connectivity index is 1.67. The molecule has 0 aliphatic carbocycles. The molecule has 0 saturated carbocycles. The second kappa shape index (κ2) is 8.37. The molecule has 1 aliphatic rings. The van der Waals surface area contributed by atoms with E-state index in [2.05, 4.69) is 0 Å². The highest BCUT2D eigenvalue weighted by atomic mass is 35.5. The van der Waals surface area contributed by atoms with E-state index in [1.165, 1.54) is 16.4 Å². The number of esters is 1. The maximum absolute atomic E-state index is 12.9. The maximum atomic E-state index is 12.9. The van der Waals surface area contributed by atoms with Crippen LogP contribution in [0, 0.1) is 5.92 Å². The Labute approximate surface area is 172 Å². The third kappa shape index (κ3) is 4.58. The van der Waals surface area contributed by atoms with E-state index in [1.807, 2.05) is 0 Å². The van der Waals surface area contributed by atoms with Crippen LogP contribution in [-0.4, -0.2) is 31.8 Å². The molecule has 9 heteroatoms. The fourth-order valence-corrected chi connectivity index (χ4v) is 5.66. The van der Waals surface area contributed by atoms with Gasteiger partial charge in [-0.2, -0.15) is 4.31 Å². The van der Waals surface area contributed by atoms with E-state index in [1.54, 1.807) is 30.3 Å². The van der Waals surface area contributed by atoms with E-state index in [0.717, 1.165) is 0 Å². The molecule has 1 saturated heterocycles. The quantitative estimate of drug-likeness (QED) is 0.504. The van der Waals surface area contributed by atoms with E-state index in [0.29, 0.717) is 23.6 Å². The van der Waals surface area contributed by atoms with E-state index >= 15 is 0 Å². The second-order valence-corrected chi connectivity index (χ2v) is 9.23. The third-order valence-corrected chi connectivity index (χ3v) is 7.41. The summed E-state index contributed by atoms with van der Waals surface area (Å²) in [5.41, 5.74) is 0. The number of nitrogens with zero attached hydrogens (tertiary/aromatic N) is 1. The Morgan fingerprint density at radius 3 is 2.19 bits per heavy atom. The Bertz CT molecular complexity index is 937. The summed E-state index contributed by atoms with van der Waals surface area (Å²) in [4.78, 5) is 12.2.